The van der Waals surface area contributed by atoms with Crippen LogP contribution in [0.2, 0.25) is 0 Å². The smallest absolute Gasteiger partial charge is 0.341 e. The number of aromatic nitrogens is 3. The molecule has 240 valence electrons. The monoisotopic (exact) mass is 662 g/mol. The van der Waals surface area contributed by atoms with Crippen LogP contribution in [0.25, 0.3) is 0 Å². The van der Waals surface area contributed by atoms with E-state index in [2.05, 4.69) is 20.8 Å². The topological polar surface area (TPSA) is 158 Å². The van der Waals surface area contributed by atoms with Gasteiger partial charge in [-0.1, -0.05) is 48.2 Å². The molecule has 2 aromatic carbocycles. The van der Waals surface area contributed by atoms with Gasteiger partial charge in [0, 0.05) is 28.6 Å². The number of carbonyl (C=O) groups is 3. The Labute approximate surface area is 274 Å². The van der Waals surface area contributed by atoms with Crippen molar-refractivity contribution in [1.29, 1.82) is 0 Å². The Balaban J connectivity index is 1.32. The number of hydrogen-bond donors (Lipinski definition) is 2. The Morgan fingerprint density at radius 2 is 1.93 bits per heavy atom. The van der Waals surface area contributed by atoms with Crippen molar-refractivity contribution < 1.29 is 24.0 Å². The number of thiophene rings is 1. The van der Waals surface area contributed by atoms with E-state index in [4.69, 9.17) is 4.74 Å². The normalized spacial score (nSPS) is 12.8. The van der Waals surface area contributed by atoms with E-state index in [0.29, 0.717) is 40.1 Å². The fraction of sp³-hybridized carbons (Fsp3) is 0.344. The zero-order valence-corrected chi connectivity index (χ0v) is 27.3. The predicted molar refractivity (Wildman–Crippen MR) is 175 cm³/mol. The molecule has 12 nitrogen and oxygen atoms in total. The molecule has 1 atom stereocenters. The summed E-state index contributed by atoms with van der Waals surface area (Å²) >= 11 is 2.65. The maximum Gasteiger partial charge on any atom is 0.341 e. The van der Waals surface area contributed by atoms with E-state index >= 15 is 0 Å². The Kier molecular flexibility index (Phi) is 10.5. The van der Waals surface area contributed by atoms with Crippen LogP contribution >= 0.6 is 23.1 Å². The quantitative estimate of drug-likeness (QED) is 0.0815. The SMILES string of the molecule is CCOC(=O)c1c(NC(=O)C(C)Sc2nnc(CNC(=O)c3ccc(C)c([N+](=O)[O-])c3)n2CCc2ccccc2)sc2c1CCC2. The first-order valence-corrected chi connectivity index (χ1v) is 16.6. The highest BCUT2D eigenvalue weighted by molar-refractivity contribution is 8.00. The van der Waals surface area contributed by atoms with Gasteiger partial charge in [-0.2, -0.15) is 0 Å². The number of rotatable bonds is 13. The highest BCUT2D eigenvalue weighted by atomic mass is 32.2. The number of hydrogen-bond acceptors (Lipinski definition) is 10. The number of thioether (sulfide) groups is 1. The van der Waals surface area contributed by atoms with Crippen LogP contribution in [0.15, 0.2) is 53.7 Å². The van der Waals surface area contributed by atoms with E-state index in [1.54, 1.807) is 20.8 Å². The van der Waals surface area contributed by atoms with Gasteiger partial charge in [0.1, 0.15) is 5.00 Å². The highest BCUT2D eigenvalue weighted by Crippen LogP contribution is 2.40. The van der Waals surface area contributed by atoms with Gasteiger partial charge in [-0.3, -0.25) is 19.7 Å². The summed E-state index contributed by atoms with van der Waals surface area (Å²) in [6.07, 6.45) is 3.28. The largest absolute Gasteiger partial charge is 0.462 e. The fourth-order valence-electron chi connectivity index (χ4n) is 5.19. The molecule has 2 amide bonds. The summed E-state index contributed by atoms with van der Waals surface area (Å²) < 4.78 is 7.16. The minimum Gasteiger partial charge on any atom is -0.462 e. The average molecular weight is 663 g/mol. The number of esters is 1. The number of carbonyl (C=O) groups excluding carboxylic acids is 3. The van der Waals surface area contributed by atoms with Crippen LogP contribution in [0.5, 0.6) is 0 Å². The number of benzene rings is 2. The first-order valence-electron chi connectivity index (χ1n) is 14.9. The van der Waals surface area contributed by atoms with E-state index in [1.165, 1.54) is 41.3 Å². The molecule has 0 radical (unpaired) electrons. The van der Waals surface area contributed by atoms with E-state index in [-0.39, 0.29) is 30.3 Å². The maximum atomic E-state index is 13.4. The van der Waals surface area contributed by atoms with Crippen molar-refractivity contribution in [2.24, 2.45) is 0 Å². The zero-order valence-electron chi connectivity index (χ0n) is 25.7. The van der Waals surface area contributed by atoms with Gasteiger partial charge in [-0.15, -0.1) is 21.5 Å². The van der Waals surface area contributed by atoms with Crippen molar-refractivity contribution in [3.8, 4) is 0 Å². The lowest BCUT2D eigenvalue weighted by Gasteiger charge is -2.14. The van der Waals surface area contributed by atoms with Crippen molar-refractivity contribution in [2.75, 3.05) is 11.9 Å². The summed E-state index contributed by atoms with van der Waals surface area (Å²) in [7, 11) is 0. The fourth-order valence-corrected chi connectivity index (χ4v) is 7.37. The Bertz CT molecular complexity index is 1770. The van der Waals surface area contributed by atoms with Crippen LogP contribution in [0, 0.1) is 17.0 Å². The van der Waals surface area contributed by atoms with Crippen LogP contribution in [0.3, 0.4) is 0 Å². The van der Waals surface area contributed by atoms with E-state index in [0.717, 1.165) is 35.3 Å². The lowest BCUT2D eigenvalue weighted by atomic mass is 10.1. The van der Waals surface area contributed by atoms with Crippen molar-refractivity contribution >= 4 is 51.6 Å². The standard InChI is InChI=1S/C32H34N6O6S2/c1-4-44-31(41)27-23-11-8-12-25(23)46-30(27)34-28(39)20(3)45-32-36-35-26(37(32)16-15-21-9-6-5-7-10-21)18-33-29(40)22-14-13-19(2)24(17-22)38(42)43/h5-7,9-10,13-14,17,20H,4,8,11-12,15-16,18H2,1-3H3,(H,33,40)(H,34,39). The molecule has 2 heterocycles. The van der Waals surface area contributed by atoms with Crippen LogP contribution in [-0.4, -0.2) is 49.3 Å². The molecule has 0 aliphatic heterocycles. The van der Waals surface area contributed by atoms with Gasteiger partial charge in [-0.25, -0.2) is 4.79 Å². The number of anilines is 1. The first-order chi connectivity index (χ1) is 22.2. The zero-order chi connectivity index (χ0) is 32.8. The molecule has 2 N–H and O–H groups in total. The number of nitrogens with zero attached hydrogens (tertiary/aromatic N) is 4. The number of nitro groups is 1. The van der Waals surface area contributed by atoms with Gasteiger partial charge in [0.15, 0.2) is 11.0 Å². The number of fused-ring (bicyclic) bond motifs is 1. The van der Waals surface area contributed by atoms with Crippen molar-refractivity contribution in [1.82, 2.24) is 20.1 Å². The second-order valence-electron chi connectivity index (χ2n) is 10.8. The number of ether oxygens (including phenoxy) is 1. The van der Waals surface area contributed by atoms with Crippen LogP contribution in [0.4, 0.5) is 10.7 Å². The van der Waals surface area contributed by atoms with Crippen LogP contribution in [0.1, 0.15) is 68.4 Å². The van der Waals surface area contributed by atoms with Gasteiger partial charge in [0.2, 0.25) is 5.91 Å². The maximum absolute atomic E-state index is 13.4. The van der Waals surface area contributed by atoms with Gasteiger partial charge in [0.05, 0.1) is 28.9 Å². The first kappa shape index (κ1) is 32.8. The average Bonchev–Trinajstić information content (AvgIpc) is 3.74. The second kappa shape index (κ2) is 14.7. The molecule has 1 aliphatic carbocycles. The highest BCUT2D eigenvalue weighted by Gasteiger charge is 2.30. The molecule has 14 heteroatoms. The molecule has 0 bridgehead atoms. The summed E-state index contributed by atoms with van der Waals surface area (Å²) in [5, 5.41) is 26.2. The molecule has 4 aromatic rings. The van der Waals surface area contributed by atoms with Crippen molar-refractivity contribution in [2.45, 2.75) is 70.0 Å². The van der Waals surface area contributed by atoms with E-state index in [9.17, 15) is 24.5 Å². The third-order valence-electron chi connectivity index (χ3n) is 7.62. The molecule has 46 heavy (non-hydrogen) atoms. The lowest BCUT2D eigenvalue weighted by molar-refractivity contribution is -0.385. The lowest BCUT2D eigenvalue weighted by Crippen LogP contribution is -2.26. The summed E-state index contributed by atoms with van der Waals surface area (Å²) in [4.78, 5) is 51.0. The van der Waals surface area contributed by atoms with Gasteiger partial charge in [-0.05, 0) is 63.6 Å². The van der Waals surface area contributed by atoms with Gasteiger partial charge >= 0.3 is 5.97 Å². The second-order valence-corrected chi connectivity index (χ2v) is 13.2. The Morgan fingerprint density at radius 3 is 2.67 bits per heavy atom. The molecule has 2 aromatic heterocycles. The Morgan fingerprint density at radius 1 is 1.15 bits per heavy atom. The summed E-state index contributed by atoms with van der Waals surface area (Å²) in [5.74, 6) is -0.725. The minimum atomic E-state index is -0.595. The summed E-state index contributed by atoms with van der Waals surface area (Å²) in [6.45, 7) is 5.88. The molecule has 0 spiro atoms. The number of amides is 2. The predicted octanol–water partition coefficient (Wildman–Crippen LogP) is 5.51. The number of nitro benzene ring substituents is 1. The molecule has 1 unspecified atom stereocenters. The third-order valence-corrected chi connectivity index (χ3v) is 9.91. The molecule has 0 saturated carbocycles. The van der Waals surface area contributed by atoms with Crippen LogP contribution in [-0.2, 0) is 41.9 Å². The van der Waals surface area contributed by atoms with E-state index in [1.807, 2.05) is 34.9 Å². The molecular weight excluding hydrogens is 629 g/mol. The molecule has 0 saturated heterocycles. The van der Waals surface area contributed by atoms with Crippen molar-refractivity contribution in [3.05, 3.63) is 97.2 Å². The molecule has 1 aliphatic rings. The molecular formula is C32H34N6O6S2. The van der Waals surface area contributed by atoms with E-state index < -0.39 is 22.0 Å². The number of aryl methyl sites for hydroxylation is 3. The minimum absolute atomic E-state index is 0.0209. The van der Waals surface area contributed by atoms with Crippen LogP contribution < -0.4 is 10.6 Å². The van der Waals surface area contributed by atoms with Crippen molar-refractivity contribution in [3.63, 3.8) is 0 Å². The Hall–Kier alpha value is -4.56. The molecule has 5 rings (SSSR count). The summed E-state index contributed by atoms with van der Waals surface area (Å²) in [6, 6.07) is 14.2. The molecule has 0 fully saturated rings. The third kappa shape index (κ3) is 7.45. The van der Waals surface area contributed by atoms with Gasteiger partial charge in [0.25, 0.3) is 11.6 Å². The number of nitrogens with one attached hydrogen (secondary N) is 2. The van der Waals surface area contributed by atoms with Gasteiger partial charge < -0.3 is 19.9 Å². The summed E-state index contributed by atoms with van der Waals surface area (Å²) in [5.41, 5.74) is 3.00.